The van der Waals surface area contributed by atoms with E-state index in [0.717, 1.165) is 5.56 Å². The second kappa shape index (κ2) is 7.02. The van der Waals surface area contributed by atoms with Crippen LogP contribution in [0.1, 0.15) is 19.2 Å². The summed E-state index contributed by atoms with van der Waals surface area (Å²) in [6, 6.07) is 7.07. The predicted molar refractivity (Wildman–Crippen MR) is 80.5 cm³/mol. The number of halogens is 1. The lowest BCUT2D eigenvalue weighted by Gasteiger charge is -2.02. The van der Waals surface area contributed by atoms with Gasteiger partial charge in [-0.1, -0.05) is 23.7 Å². The van der Waals surface area contributed by atoms with Crippen LogP contribution >= 0.6 is 11.6 Å². The highest BCUT2D eigenvalue weighted by atomic mass is 35.5. The summed E-state index contributed by atoms with van der Waals surface area (Å²) in [6.45, 7) is 2.06. The van der Waals surface area contributed by atoms with Crippen LogP contribution in [0.2, 0.25) is 5.02 Å². The molecule has 6 nitrogen and oxygen atoms in total. The maximum atomic E-state index is 11.5. The molecule has 0 aliphatic heterocycles. The minimum atomic E-state index is -3.21. The highest BCUT2D eigenvalue weighted by Crippen LogP contribution is 2.18. The Hall–Kier alpha value is -1.44. The summed E-state index contributed by atoms with van der Waals surface area (Å²) in [6.07, 6.45) is 0.931. The lowest BCUT2D eigenvalue weighted by atomic mass is 10.2. The molecule has 8 heteroatoms. The Kier molecular flexibility index (Phi) is 5.33. The van der Waals surface area contributed by atoms with Gasteiger partial charge in [0, 0.05) is 23.6 Å². The molecule has 0 saturated heterocycles. The summed E-state index contributed by atoms with van der Waals surface area (Å²) in [7, 11) is -3.21. The van der Waals surface area contributed by atoms with E-state index in [1.807, 2.05) is 6.92 Å². The summed E-state index contributed by atoms with van der Waals surface area (Å²) in [5.41, 5.74) is 0.793. The number of benzene rings is 1. The largest absolute Gasteiger partial charge is 0.339 e. The first-order chi connectivity index (χ1) is 10.00. The van der Waals surface area contributed by atoms with E-state index in [4.69, 9.17) is 16.1 Å². The van der Waals surface area contributed by atoms with Gasteiger partial charge in [-0.3, -0.25) is 0 Å². The molecule has 0 aliphatic carbocycles. The Bertz CT molecular complexity index is 683. The number of nitrogens with one attached hydrogen (secondary N) is 1. The topological polar surface area (TPSA) is 85.1 Å². The van der Waals surface area contributed by atoms with Crippen LogP contribution in [0.5, 0.6) is 0 Å². The molecule has 0 amide bonds. The van der Waals surface area contributed by atoms with Gasteiger partial charge in [0.05, 0.1) is 5.75 Å². The van der Waals surface area contributed by atoms with Gasteiger partial charge in [0.25, 0.3) is 0 Å². The van der Waals surface area contributed by atoms with E-state index in [1.54, 1.807) is 24.3 Å². The van der Waals surface area contributed by atoms with Gasteiger partial charge >= 0.3 is 0 Å². The van der Waals surface area contributed by atoms with Gasteiger partial charge in [0.15, 0.2) is 0 Å². The monoisotopic (exact) mass is 329 g/mol. The fraction of sp³-hybridized carbons (Fsp3) is 0.385. The lowest BCUT2D eigenvalue weighted by Crippen LogP contribution is -2.28. The number of rotatable bonds is 7. The summed E-state index contributed by atoms with van der Waals surface area (Å²) in [5, 5.41) is 4.49. The maximum absolute atomic E-state index is 11.5. The highest BCUT2D eigenvalue weighted by Gasteiger charge is 2.11. The Balaban J connectivity index is 1.93. The zero-order valence-electron chi connectivity index (χ0n) is 11.5. The molecule has 1 N–H and O–H groups in total. The van der Waals surface area contributed by atoms with E-state index < -0.39 is 10.0 Å². The van der Waals surface area contributed by atoms with E-state index in [0.29, 0.717) is 29.6 Å². The van der Waals surface area contributed by atoms with Gasteiger partial charge in [-0.15, -0.1) is 0 Å². The summed E-state index contributed by atoms with van der Waals surface area (Å²) in [4.78, 5) is 4.22. The van der Waals surface area contributed by atoms with Crippen molar-refractivity contribution in [3.8, 4) is 11.4 Å². The molecule has 0 radical (unpaired) electrons. The van der Waals surface area contributed by atoms with Gasteiger partial charge in [-0.25, -0.2) is 13.1 Å². The molecule has 1 aromatic heterocycles. The third-order valence-corrected chi connectivity index (χ3v) is 4.55. The molecule has 0 aliphatic rings. The average molecular weight is 330 g/mol. The fourth-order valence-corrected chi connectivity index (χ4v) is 2.95. The average Bonchev–Trinajstić information content (AvgIpc) is 2.88. The Morgan fingerprint density at radius 2 is 2.00 bits per heavy atom. The minimum Gasteiger partial charge on any atom is -0.339 e. The Morgan fingerprint density at radius 3 is 2.67 bits per heavy atom. The maximum Gasteiger partial charge on any atom is 0.228 e. The third kappa shape index (κ3) is 4.80. The number of sulfonamides is 1. The molecular weight excluding hydrogens is 314 g/mol. The molecule has 0 saturated carbocycles. The quantitative estimate of drug-likeness (QED) is 0.842. The smallest absolute Gasteiger partial charge is 0.228 e. The predicted octanol–water partition coefficient (Wildman–Crippen LogP) is 2.26. The van der Waals surface area contributed by atoms with Crippen molar-refractivity contribution in [2.24, 2.45) is 0 Å². The molecule has 2 rings (SSSR count). The number of nitrogens with zero attached hydrogens (tertiary/aromatic N) is 2. The van der Waals surface area contributed by atoms with Crippen LogP contribution in [0.15, 0.2) is 28.8 Å². The van der Waals surface area contributed by atoms with Crippen LogP contribution in [0.25, 0.3) is 11.4 Å². The minimum absolute atomic E-state index is 0.118. The van der Waals surface area contributed by atoms with Crippen LogP contribution in [-0.4, -0.2) is 30.9 Å². The standard InChI is InChI=1S/C13H16ClN3O3S/c1-2-9-21(18,19)15-8-7-12-16-13(17-20-12)10-3-5-11(14)6-4-10/h3-6,15H,2,7-9H2,1H3. The van der Waals surface area contributed by atoms with Crippen molar-refractivity contribution in [2.75, 3.05) is 12.3 Å². The molecule has 1 aromatic carbocycles. The van der Waals surface area contributed by atoms with E-state index in [-0.39, 0.29) is 12.3 Å². The van der Waals surface area contributed by atoms with Crippen molar-refractivity contribution in [2.45, 2.75) is 19.8 Å². The van der Waals surface area contributed by atoms with E-state index in [2.05, 4.69) is 14.9 Å². The fourth-order valence-electron chi connectivity index (χ4n) is 1.73. The van der Waals surface area contributed by atoms with Gasteiger partial charge in [-0.05, 0) is 30.7 Å². The summed E-state index contributed by atoms with van der Waals surface area (Å²) in [5.74, 6) is 0.963. The van der Waals surface area contributed by atoms with Gasteiger partial charge < -0.3 is 4.52 Å². The number of hydrogen-bond donors (Lipinski definition) is 1. The van der Waals surface area contributed by atoms with Crippen LogP contribution in [0.3, 0.4) is 0 Å². The van der Waals surface area contributed by atoms with E-state index in [1.165, 1.54) is 0 Å². The molecule has 0 bridgehead atoms. The van der Waals surface area contributed by atoms with Gasteiger partial charge in [-0.2, -0.15) is 4.98 Å². The van der Waals surface area contributed by atoms with Crippen molar-refractivity contribution < 1.29 is 12.9 Å². The Labute approximate surface area is 128 Å². The summed E-state index contributed by atoms with van der Waals surface area (Å²) >= 11 is 5.81. The van der Waals surface area contributed by atoms with Crippen LogP contribution in [-0.2, 0) is 16.4 Å². The van der Waals surface area contributed by atoms with E-state index >= 15 is 0 Å². The van der Waals surface area contributed by atoms with Crippen molar-refractivity contribution >= 4 is 21.6 Å². The number of aromatic nitrogens is 2. The molecule has 1 heterocycles. The molecule has 0 unspecified atom stereocenters. The zero-order valence-corrected chi connectivity index (χ0v) is 13.1. The van der Waals surface area contributed by atoms with Crippen molar-refractivity contribution in [3.05, 3.63) is 35.2 Å². The normalized spacial score (nSPS) is 11.7. The molecule has 114 valence electrons. The molecule has 0 atom stereocenters. The van der Waals surface area contributed by atoms with Gasteiger partial charge in [0.1, 0.15) is 0 Å². The van der Waals surface area contributed by atoms with Crippen LogP contribution < -0.4 is 4.72 Å². The first-order valence-corrected chi connectivity index (χ1v) is 8.59. The third-order valence-electron chi connectivity index (χ3n) is 2.70. The second-order valence-electron chi connectivity index (χ2n) is 4.48. The molecular formula is C13H16ClN3O3S. The lowest BCUT2D eigenvalue weighted by molar-refractivity contribution is 0.379. The number of hydrogen-bond acceptors (Lipinski definition) is 5. The molecule has 0 spiro atoms. The summed E-state index contributed by atoms with van der Waals surface area (Å²) < 4.78 is 30.6. The molecule has 21 heavy (non-hydrogen) atoms. The SMILES string of the molecule is CCCS(=O)(=O)NCCc1nc(-c2ccc(Cl)cc2)no1. The Morgan fingerprint density at radius 1 is 1.29 bits per heavy atom. The first-order valence-electron chi connectivity index (χ1n) is 6.56. The first kappa shape index (κ1) is 15.9. The van der Waals surface area contributed by atoms with E-state index in [9.17, 15) is 8.42 Å². The molecule has 2 aromatic rings. The van der Waals surface area contributed by atoms with Gasteiger partial charge in [0.2, 0.25) is 21.7 Å². The van der Waals surface area contributed by atoms with Crippen LogP contribution in [0.4, 0.5) is 0 Å². The van der Waals surface area contributed by atoms with Crippen molar-refractivity contribution in [3.63, 3.8) is 0 Å². The van der Waals surface area contributed by atoms with Crippen molar-refractivity contribution in [1.29, 1.82) is 0 Å². The van der Waals surface area contributed by atoms with Crippen molar-refractivity contribution in [1.82, 2.24) is 14.9 Å². The second-order valence-corrected chi connectivity index (χ2v) is 6.84. The zero-order chi connectivity index (χ0) is 15.3. The highest BCUT2D eigenvalue weighted by molar-refractivity contribution is 7.89. The molecule has 0 fully saturated rings. The van der Waals surface area contributed by atoms with Crippen LogP contribution in [0, 0.1) is 0 Å².